The second-order valence-electron chi connectivity index (χ2n) is 10.6. The SMILES string of the molecule is CC(C)(C)[Si](C)(C)OC1CCC(Oc2ccc(Cl)cc2NC(=O)c2cccn3ccnc23)CC1. The molecule has 8 heteroatoms. The van der Waals surface area contributed by atoms with Gasteiger partial charge in [0.1, 0.15) is 11.4 Å². The normalized spacial score (nSPS) is 19.2. The number of carbonyl (C=O) groups excluding carboxylic acids is 1. The molecule has 0 aliphatic heterocycles. The highest BCUT2D eigenvalue weighted by molar-refractivity contribution is 6.74. The van der Waals surface area contributed by atoms with Gasteiger partial charge in [-0.1, -0.05) is 32.4 Å². The van der Waals surface area contributed by atoms with Crippen LogP contribution in [0.4, 0.5) is 5.69 Å². The standard InChI is InChI=1S/C26H34ClN3O3Si/c1-26(2,3)34(4,5)33-20-11-9-19(10-12-20)32-23-13-8-18(27)17-22(23)29-25(31)21-7-6-15-30-16-14-28-24(21)30/h6-8,13-17,19-20H,9-12H2,1-5H3,(H,29,31). The number of rotatable bonds is 6. The first kappa shape index (κ1) is 24.8. The van der Waals surface area contributed by atoms with Crippen LogP contribution in [0.1, 0.15) is 56.8 Å². The number of benzene rings is 1. The first-order chi connectivity index (χ1) is 16.0. The van der Waals surface area contributed by atoms with Gasteiger partial charge >= 0.3 is 0 Å². The second-order valence-corrected chi connectivity index (χ2v) is 15.8. The van der Waals surface area contributed by atoms with Gasteiger partial charge in [-0.2, -0.15) is 0 Å². The van der Waals surface area contributed by atoms with E-state index < -0.39 is 8.32 Å². The van der Waals surface area contributed by atoms with Crippen molar-refractivity contribution >= 4 is 37.2 Å². The van der Waals surface area contributed by atoms with Crippen molar-refractivity contribution < 1.29 is 14.0 Å². The number of ether oxygens (including phenoxy) is 1. The van der Waals surface area contributed by atoms with Gasteiger partial charge in [0, 0.05) is 29.7 Å². The van der Waals surface area contributed by atoms with Crippen molar-refractivity contribution in [3.63, 3.8) is 0 Å². The van der Waals surface area contributed by atoms with Gasteiger partial charge in [0.05, 0.1) is 17.4 Å². The molecule has 1 saturated carbocycles. The zero-order chi connectivity index (χ0) is 24.5. The van der Waals surface area contributed by atoms with E-state index in [0.29, 0.717) is 33.8 Å². The maximum atomic E-state index is 13.1. The molecule has 0 radical (unpaired) electrons. The number of nitrogens with zero attached hydrogens (tertiary/aromatic N) is 2. The van der Waals surface area contributed by atoms with Crippen molar-refractivity contribution in [3.8, 4) is 5.75 Å². The number of nitrogens with one attached hydrogen (secondary N) is 1. The summed E-state index contributed by atoms with van der Waals surface area (Å²) in [6, 6.07) is 8.92. The summed E-state index contributed by atoms with van der Waals surface area (Å²) in [5, 5.41) is 3.72. The molecule has 1 aromatic carbocycles. The van der Waals surface area contributed by atoms with Crippen molar-refractivity contribution in [3.05, 3.63) is 59.5 Å². The second kappa shape index (κ2) is 9.72. The summed E-state index contributed by atoms with van der Waals surface area (Å²) in [6.45, 7) is 11.4. The highest BCUT2D eigenvalue weighted by atomic mass is 35.5. The third kappa shape index (κ3) is 5.48. The van der Waals surface area contributed by atoms with Crippen LogP contribution >= 0.6 is 11.6 Å². The Labute approximate surface area is 207 Å². The number of anilines is 1. The average molecular weight is 500 g/mol. The number of carbonyl (C=O) groups is 1. The smallest absolute Gasteiger partial charge is 0.259 e. The Bertz CT molecular complexity index is 1160. The Kier molecular flexibility index (Phi) is 7.08. The predicted octanol–water partition coefficient (Wildman–Crippen LogP) is 6.95. The third-order valence-corrected chi connectivity index (χ3v) is 11.8. The van der Waals surface area contributed by atoms with Crippen LogP contribution in [0, 0.1) is 0 Å². The monoisotopic (exact) mass is 499 g/mol. The van der Waals surface area contributed by atoms with E-state index in [1.54, 1.807) is 24.4 Å². The topological polar surface area (TPSA) is 64.9 Å². The molecule has 0 spiro atoms. The number of halogens is 1. The summed E-state index contributed by atoms with van der Waals surface area (Å²) in [5.74, 6) is 0.372. The minimum atomic E-state index is -1.78. The molecule has 2 aromatic heterocycles. The molecule has 4 rings (SSSR count). The maximum absolute atomic E-state index is 13.1. The highest BCUT2D eigenvalue weighted by Crippen LogP contribution is 2.40. The average Bonchev–Trinajstić information content (AvgIpc) is 3.25. The fraction of sp³-hybridized carbons (Fsp3) is 0.462. The molecular weight excluding hydrogens is 466 g/mol. The molecule has 1 fully saturated rings. The summed E-state index contributed by atoms with van der Waals surface area (Å²) in [6.07, 6.45) is 9.51. The fourth-order valence-corrected chi connectivity index (χ4v) is 5.65. The Morgan fingerprint density at radius 2 is 1.82 bits per heavy atom. The van der Waals surface area contributed by atoms with E-state index in [9.17, 15) is 4.79 Å². The molecule has 0 unspecified atom stereocenters. The van der Waals surface area contributed by atoms with Crippen LogP contribution in [0.5, 0.6) is 5.75 Å². The summed E-state index contributed by atoms with van der Waals surface area (Å²) >= 11 is 6.25. The van der Waals surface area contributed by atoms with E-state index >= 15 is 0 Å². The minimum absolute atomic E-state index is 0.0758. The molecule has 0 atom stereocenters. The van der Waals surface area contributed by atoms with Crippen molar-refractivity contribution in [2.24, 2.45) is 0 Å². The summed E-state index contributed by atoms with van der Waals surface area (Å²) in [4.78, 5) is 17.4. The van der Waals surface area contributed by atoms with Crippen LogP contribution in [0.3, 0.4) is 0 Å². The minimum Gasteiger partial charge on any atom is -0.488 e. The highest BCUT2D eigenvalue weighted by Gasteiger charge is 2.40. The molecule has 1 amide bonds. The number of hydrogen-bond donors (Lipinski definition) is 1. The van der Waals surface area contributed by atoms with Gasteiger partial charge < -0.3 is 18.9 Å². The lowest BCUT2D eigenvalue weighted by Gasteiger charge is -2.41. The van der Waals surface area contributed by atoms with Gasteiger partial charge in [-0.05, 0) is 74.1 Å². The Morgan fingerprint density at radius 3 is 2.53 bits per heavy atom. The van der Waals surface area contributed by atoms with Gasteiger partial charge in [0.25, 0.3) is 5.91 Å². The first-order valence-electron chi connectivity index (χ1n) is 11.9. The Hall–Kier alpha value is -2.35. The number of aromatic nitrogens is 2. The molecule has 1 N–H and O–H groups in total. The van der Waals surface area contributed by atoms with Crippen molar-refractivity contribution in [2.75, 3.05) is 5.32 Å². The van der Waals surface area contributed by atoms with Crippen molar-refractivity contribution in [1.82, 2.24) is 9.38 Å². The molecule has 182 valence electrons. The predicted molar refractivity (Wildman–Crippen MR) is 140 cm³/mol. The van der Waals surface area contributed by atoms with Crippen LogP contribution in [0.2, 0.25) is 23.2 Å². The molecule has 34 heavy (non-hydrogen) atoms. The number of amides is 1. The number of pyridine rings is 1. The molecule has 0 bridgehead atoms. The van der Waals surface area contributed by atoms with Crippen molar-refractivity contribution in [1.29, 1.82) is 0 Å². The van der Waals surface area contributed by atoms with Crippen LogP contribution in [0.15, 0.2) is 48.9 Å². The number of hydrogen-bond acceptors (Lipinski definition) is 4. The molecule has 1 aliphatic carbocycles. The van der Waals surface area contributed by atoms with E-state index in [2.05, 4.69) is 44.2 Å². The summed E-state index contributed by atoms with van der Waals surface area (Å²) < 4.78 is 14.8. The fourth-order valence-electron chi connectivity index (χ4n) is 4.06. The van der Waals surface area contributed by atoms with Gasteiger partial charge in [-0.15, -0.1) is 0 Å². The van der Waals surface area contributed by atoms with E-state index in [-0.39, 0.29) is 17.0 Å². The van der Waals surface area contributed by atoms with Crippen molar-refractivity contribution in [2.45, 2.75) is 76.8 Å². The van der Waals surface area contributed by atoms with Gasteiger partial charge in [-0.25, -0.2) is 4.98 Å². The zero-order valence-corrected chi connectivity index (χ0v) is 22.4. The Balaban J connectivity index is 1.42. The largest absolute Gasteiger partial charge is 0.488 e. The van der Waals surface area contributed by atoms with E-state index in [1.807, 2.05) is 28.9 Å². The molecule has 6 nitrogen and oxygen atoms in total. The molecule has 2 heterocycles. The van der Waals surface area contributed by atoms with E-state index in [0.717, 1.165) is 25.7 Å². The summed E-state index contributed by atoms with van der Waals surface area (Å²) in [5.41, 5.74) is 1.65. The number of fused-ring (bicyclic) bond motifs is 1. The van der Waals surface area contributed by atoms with Crippen LogP contribution < -0.4 is 10.1 Å². The third-order valence-electron chi connectivity index (χ3n) is 7.04. The van der Waals surface area contributed by atoms with Crippen LogP contribution in [-0.2, 0) is 4.43 Å². The Morgan fingerprint density at radius 1 is 1.12 bits per heavy atom. The van der Waals surface area contributed by atoms with Gasteiger partial charge in [0.15, 0.2) is 8.32 Å². The zero-order valence-electron chi connectivity index (χ0n) is 20.6. The lowest BCUT2D eigenvalue weighted by atomic mass is 9.95. The van der Waals surface area contributed by atoms with Gasteiger partial charge in [0.2, 0.25) is 0 Å². The lowest BCUT2D eigenvalue weighted by molar-refractivity contribution is 0.0729. The maximum Gasteiger partial charge on any atom is 0.259 e. The quantitative estimate of drug-likeness (QED) is 0.372. The summed E-state index contributed by atoms with van der Waals surface area (Å²) in [7, 11) is -1.78. The molecule has 1 aliphatic rings. The number of imidazole rings is 1. The lowest BCUT2D eigenvalue weighted by Crippen LogP contribution is -2.45. The first-order valence-corrected chi connectivity index (χ1v) is 15.2. The molecule has 0 saturated heterocycles. The van der Waals surface area contributed by atoms with Crippen LogP contribution in [0.25, 0.3) is 5.65 Å². The van der Waals surface area contributed by atoms with E-state index in [1.165, 1.54) is 0 Å². The van der Waals surface area contributed by atoms with Crippen LogP contribution in [-0.4, -0.2) is 35.8 Å². The van der Waals surface area contributed by atoms with Gasteiger partial charge in [-0.3, -0.25) is 4.79 Å². The van der Waals surface area contributed by atoms with E-state index in [4.69, 9.17) is 20.8 Å². The molecular formula is C26H34ClN3O3Si. The molecule has 3 aromatic rings.